The number of rotatable bonds is 3. The molecular weight excluding hydrogens is 705 g/mol. The van der Waals surface area contributed by atoms with Crippen molar-refractivity contribution in [3.8, 4) is 22.4 Å². The number of fused-ring (bicyclic) bond motifs is 4. The van der Waals surface area contributed by atoms with Crippen LogP contribution in [-0.2, 0) is 25.5 Å². The Morgan fingerprint density at radius 3 is 2.09 bits per heavy atom. The van der Waals surface area contributed by atoms with E-state index >= 15 is 0 Å². The van der Waals surface area contributed by atoms with Crippen molar-refractivity contribution in [3.63, 3.8) is 0 Å². The maximum Gasteiger partial charge on any atom is 0.501 e. The molecule has 4 aromatic carbocycles. The first-order chi connectivity index (χ1) is 20.6. The predicted molar refractivity (Wildman–Crippen MR) is 170 cm³/mol. The molecule has 1 aliphatic heterocycles. The molecule has 43 heavy (non-hydrogen) atoms. The third-order valence-corrected chi connectivity index (χ3v) is 7.74. The fourth-order valence-electron chi connectivity index (χ4n) is 5.83. The minimum absolute atomic E-state index is 0. The number of benzene rings is 4. The van der Waals surface area contributed by atoms with Gasteiger partial charge in [0, 0.05) is 62.5 Å². The van der Waals surface area contributed by atoms with Crippen LogP contribution in [0.4, 0.5) is 22.7 Å². The van der Waals surface area contributed by atoms with E-state index < -0.39 is 0 Å². The maximum absolute atomic E-state index is 4.74. The van der Waals surface area contributed by atoms with Crippen molar-refractivity contribution in [3.05, 3.63) is 157 Å². The largest absolute Gasteiger partial charge is 0.501 e. The first kappa shape index (κ1) is 28.3. The molecule has 1 aliphatic carbocycles. The molecule has 4 nitrogen and oxygen atoms in total. The Morgan fingerprint density at radius 2 is 1.35 bits per heavy atom. The summed E-state index contributed by atoms with van der Waals surface area (Å²) in [6.45, 7) is 4.50. The fourth-order valence-corrected chi connectivity index (χ4v) is 5.83. The topological polar surface area (TPSA) is 31.8 Å². The number of hydrogen-bond acceptors (Lipinski definition) is 2. The molecule has 0 saturated heterocycles. The molecule has 0 unspecified atom stereocenters. The summed E-state index contributed by atoms with van der Waals surface area (Å²) < 4.78 is 4.27. The molecule has 0 bridgehead atoms. The Kier molecular flexibility index (Phi) is 7.80. The monoisotopic (exact) mass is 733 g/mol. The number of hydrogen-bond donors (Lipinski definition) is 0. The van der Waals surface area contributed by atoms with Crippen LogP contribution >= 0.6 is 0 Å². The molecule has 0 spiro atoms. The van der Waals surface area contributed by atoms with Crippen LogP contribution in [0.25, 0.3) is 22.4 Å². The molecule has 5 heteroatoms. The van der Waals surface area contributed by atoms with Gasteiger partial charge in [-0.3, -0.25) is 4.98 Å². The van der Waals surface area contributed by atoms with Crippen LogP contribution in [0.1, 0.15) is 25.1 Å². The molecule has 6 aromatic rings. The minimum Gasteiger partial charge on any atom is -0.305 e. The van der Waals surface area contributed by atoms with Crippen LogP contribution in [0, 0.1) is 12.1 Å². The van der Waals surface area contributed by atoms with Gasteiger partial charge in [-0.15, -0.1) is 47.5 Å². The summed E-state index contributed by atoms with van der Waals surface area (Å²) >= 11 is 0. The molecule has 8 rings (SSSR count). The predicted octanol–water partition coefficient (Wildman–Crippen LogP) is 8.59. The van der Waals surface area contributed by atoms with Crippen molar-refractivity contribution in [1.82, 2.24) is 19.1 Å². The van der Waals surface area contributed by atoms with Crippen molar-refractivity contribution in [2.75, 3.05) is 0 Å². The second-order valence-corrected chi connectivity index (χ2v) is 10.7. The molecule has 0 N–H and O–H groups in total. The normalized spacial score (nSPS) is 13.3. The SMILES string of the molecule is CC1(C)c2ncccc2-c2cc[c-]c([N+]3=C=[N+](c4ccccc4)c4ccccc43)c21.[Ir].[c-]1ccccc1-c1ccccn1. The Balaban J connectivity index is 0.000000213. The van der Waals surface area contributed by atoms with Crippen LogP contribution < -0.4 is 9.15 Å². The zero-order valence-electron chi connectivity index (χ0n) is 23.8. The first-order valence-electron chi connectivity index (χ1n) is 14.0. The number of aromatic nitrogens is 2. The van der Waals surface area contributed by atoms with Crippen LogP contribution in [-0.4, -0.2) is 16.0 Å². The van der Waals surface area contributed by atoms with Crippen molar-refractivity contribution in [2.45, 2.75) is 19.3 Å². The summed E-state index contributed by atoms with van der Waals surface area (Å²) in [6.07, 6.45) is 3.67. The second kappa shape index (κ2) is 11.8. The summed E-state index contributed by atoms with van der Waals surface area (Å²) in [5.41, 5.74) is 10.9. The van der Waals surface area contributed by atoms with Gasteiger partial charge in [-0.25, -0.2) is 0 Å². The van der Waals surface area contributed by atoms with E-state index in [4.69, 9.17) is 4.98 Å². The van der Waals surface area contributed by atoms with E-state index in [-0.39, 0.29) is 25.5 Å². The van der Waals surface area contributed by atoms with Crippen molar-refractivity contribution >= 4 is 28.8 Å². The summed E-state index contributed by atoms with van der Waals surface area (Å²) in [5.74, 6) is 0. The second-order valence-electron chi connectivity index (χ2n) is 10.7. The van der Waals surface area contributed by atoms with E-state index in [9.17, 15) is 0 Å². The quantitative estimate of drug-likeness (QED) is 0.135. The smallest absolute Gasteiger partial charge is 0.305 e. The van der Waals surface area contributed by atoms with Gasteiger partial charge in [0.25, 0.3) is 11.4 Å². The van der Waals surface area contributed by atoms with Gasteiger partial charge in [-0.05, 0) is 33.4 Å². The van der Waals surface area contributed by atoms with Gasteiger partial charge in [-0.2, -0.15) is 12.1 Å². The Hall–Kier alpha value is -4.79. The molecule has 0 fully saturated rings. The van der Waals surface area contributed by atoms with E-state index in [2.05, 4.69) is 107 Å². The van der Waals surface area contributed by atoms with E-state index in [1.165, 1.54) is 16.7 Å². The molecule has 0 amide bonds. The minimum atomic E-state index is -0.212. The zero-order valence-corrected chi connectivity index (χ0v) is 26.2. The average Bonchev–Trinajstić information content (AvgIpc) is 3.56. The van der Waals surface area contributed by atoms with Crippen LogP contribution in [0.15, 0.2) is 134 Å². The van der Waals surface area contributed by atoms with E-state index in [1.54, 1.807) is 6.20 Å². The van der Waals surface area contributed by atoms with Crippen molar-refractivity contribution in [2.24, 2.45) is 0 Å². The van der Waals surface area contributed by atoms with Crippen molar-refractivity contribution < 1.29 is 20.1 Å². The standard InChI is InChI=1S/C27H20N3.C11H8N.Ir/c1-27(2)25-20(21-13-9-17-28-26(21)27)12-8-16-24(25)30-18-29(19-10-4-3-5-11-19)22-14-6-7-15-23(22)30;1-2-6-10(7-3-1)11-8-4-5-9-12-11;/h3-15,17H,1-2H3;1-6,8-9H;/q+1;-1;. The van der Waals surface area contributed by atoms with Crippen LogP contribution in [0.5, 0.6) is 0 Å². The van der Waals surface area contributed by atoms with E-state index in [0.29, 0.717) is 0 Å². The zero-order chi connectivity index (χ0) is 28.5. The summed E-state index contributed by atoms with van der Waals surface area (Å²) in [6, 6.07) is 51.1. The first-order valence-corrected chi connectivity index (χ1v) is 14.0. The Bertz CT molecular complexity index is 1940. The number of pyridine rings is 2. The van der Waals surface area contributed by atoms with E-state index in [1.807, 2.05) is 66.9 Å². The number of nitrogens with zero attached hydrogens (tertiary/aromatic N) is 4. The third kappa shape index (κ3) is 5.09. The Labute approximate surface area is 265 Å². The van der Waals surface area contributed by atoms with Gasteiger partial charge in [0.1, 0.15) is 5.69 Å². The summed E-state index contributed by atoms with van der Waals surface area (Å²) in [4.78, 5) is 8.96. The van der Waals surface area contributed by atoms with E-state index in [0.717, 1.165) is 39.7 Å². The molecule has 0 atom stereocenters. The third-order valence-electron chi connectivity index (χ3n) is 7.74. The fraction of sp³-hybridized carbons (Fsp3) is 0.0789. The molecular formula is C38H28IrN4. The average molecular weight is 733 g/mol. The molecule has 1 radical (unpaired) electrons. The molecule has 0 saturated carbocycles. The van der Waals surface area contributed by atoms with Crippen LogP contribution in [0.2, 0.25) is 0 Å². The van der Waals surface area contributed by atoms with Gasteiger partial charge in [0.2, 0.25) is 5.69 Å². The van der Waals surface area contributed by atoms with Gasteiger partial charge >= 0.3 is 6.01 Å². The van der Waals surface area contributed by atoms with Gasteiger partial charge in [0.05, 0.1) is 0 Å². The summed E-state index contributed by atoms with van der Waals surface area (Å²) in [5, 5.41) is 0. The van der Waals surface area contributed by atoms with Crippen LogP contribution in [0.3, 0.4) is 0 Å². The number of para-hydroxylation sites is 3. The molecule has 209 valence electrons. The molecule has 2 aliphatic rings. The van der Waals surface area contributed by atoms with Gasteiger partial charge in [0.15, 0.2) is 0 Å². The summed E-state index contributed by atoms with van der Waals surface area (Å²) in [7, 11) is 0. The molecule has 3 heterocycles. The maximum atomic E-state index is 4.74. The molecule has 2 aromatic heterocycles. The van der Waals surface area contributed by atoms with Gasteiger partial charge < -0.3 is 4.98 Å². The van der Waals surface area contributed by atoms with Gasteiger partial charge in [-0.1, -0.05) is 72.5 Å². The van der Waals surface area contributed by atoms with Crippen molar-refractivity contribution in [1.29, 1.82) is 0 Å². The Morgan fingerprint density at radius 1 is 0.628 bits per heavy atom.